The van der Waals surface area contributed by atoms with Crippen molar-refractivity contribution in [1.29, 1.82) is 0 Å². The number of nitro benzene ring substituents is 1. The number of esters is 1. The monoisotopic (exact) mass is 594 g/mol. The van der Waals surface area contributed by atoms with Crippen molar-refractivity contribution in [2.24, 2.45) is 5.10 Å². The van der Waals surface area contributed by atoms with Crippen LogP contribution in [0.2, 0.25) is 0 Å². The highest BCUT2D eigenvalue weighted by molar-refractivity contribution is 9.10. The van der Waals surface area contributed by atoms with E-state index in [1.54, 1.807) is 25.1 Å². The van der Waals surface area contributed by atoms with Gasteiger partial charge in [0.1, 0.15) is 5.82 Å². The number of nitro groups is 1. The van der Waals surface area contributed by atoms with Gasteiger partial charge in [-0.15, -0.1) is 0 Å². The van der Waals surface area contributed by atoms with Gasteiger partial charge in [0.2, 0.25) is 5.75 Å². The highest BCUT2D eigenvalue weighted by Crippen LogP contribution is 2.36. The number of nitrogens with zero attached hydrogens (tertiary/aromatic N) is 4. The van der Waals surface area contributed by atoms with Crippen molar-refractivity contribution in [3.8, 4) is 5.75 Å². The van der Waals surface area contributed by atoms with Crippen LogP contribution in [0.5, 0.6) is 5.75 Å². The number of fused-ring (bicyclic) bond motifs is 1. The van der Waals surface area contributed by atoms with Crippen LogP contribution in [0, 0.1) is 10.1 Å². The van der Waals surface area contributed by atoms with Gasteiger partial charge in [0.05, 0.1) is 33.1 Å². The summed E-state index contributed by atoms with van der Waals surface area (Å²) in [5.74, 6) is -0.287. The van der Waals surface area contributed by atoms with Crippen molar-refractivity contribution in [3.05, 3.63) is 71.1 Å². The van der Waals surface area contributed by atoms with E-state index in [2.05, 4.69) is 41.9 Å². The third-order valence-corrected chi connectivity index (χ3v) is 5.64. The van der Waals surface area contributed by atoms with E-state index in [9.17, 15) is 19.7 Å². The van der Waals surface area contributed by atoms with Gasteiger partial charge < -0.3 is 9.47 Å². The number of ether oxygens (including phenoxy) is 2. The van der Waals surface area contributed by atoms with Crippen LogP contribution in [0.3, 0.4) is 0 Å². The number of hydrogen-bond donors (Lipinski definition) is 0. The van der Waals surface area contributed by atoms with Crippen molar-refractivity contribution >= 4 is 60.6 Å². The minimum atomic E-state index is -0.646. The van der Waals surface area contributed by atoms with Crippen molar-refractivity contribution in [2.45, 2.75) is 26.7 Å². The largest absolute Gasteiger partial charge is 0.474 e. The number of halogens is 2. The second-order valence-corrected chi connectivity index (χ2v) is 8.77. The van der Waals surface area contributed by atoms with Crippen molar-refractivity contribution in [2.75, 3.05) is 13.2 Å². The highest BCUT2D eigenvalue weighted by Gasteiger charge is 2.21. The minimum absolute atomic E-state index is 0.115. The lowest BCUT2D eigenvalue weighted by atomic mass is 10.2. The molecule has 0 unspecified atom stereocenters. The quantitative estimate of drug-likeness (QED) is 0.153. The molecule has 0 fully saturated rings. The Balaban J connectivity index is 2.03. The summed E-state index contributed by atoms with van der Waals surface area (Å²) in [4.78, 5) is 40.2. The molecule has 0 bridgehead atoms. The molecule has 0 saturated carbocycles. The van der Waals surface area contributed by atoms with E-state index in [0.717, 1.165) is 10.9 Å². The lowest BCUT2D eigenvalue weighted by Gasteiger charge is -2.10. The van der Waals surface area contributed by atoms with Crippen LogP contribution >= 0.6 is 31.9 Å². The van der Waals surface area contributed by atoms with Gasteiger partial charge >= 0.3 is 11.7 Å². The number of carbonyl (C=O) groups is 1. The first-order valence-corrected chi connectivity index (χ1v) is 11.9. The molecule has 0 aliphatic carbocycles. The summed E-state index contributed by atoms with van der Waals surface area (Å²) >= 11 is 6.61. The number of aromatic nitrogens is 2. The smallest absolute Gasteiger partial charge is 0.344 e. The standard InChI is InChI=1S/C22H20Br2N4O6/c1-3-5-19-26-17-7-6-14(23)10-15(17)22(30)27(19)25-11-13-8-16(24)21(18(9-13)28(31)32)34-12-20(29)33-4-2/h6-11H,3-5,12H2,1-2H3. The molecular formula is C22H20Br2N4O6. The average Bonchev–Trinajstić information content (AvgIpc) is 2.78. The molecule has 3 aromatic rings. The Labute approximate surface area is 211 Å². The molecule has 3 rings (SSSR count). The molecule has 12 heteroatoms. The van der Waals surface area contributed by atoms with Gasteiger partial charge in [-0.2, -0.15) is 9.78 Å². The van der Waals surface area contributed by atoms with Gasteiger partial charge in [-0.3, -0.25) is 14.9 Å². The van der Waals surface area contributed by atoms with E-state index in [0.29, 0.717) is 28.7 Å². The number of aryl methyl sites for hydroxylation is 1. The van der Waals surface area contributed by atoms with Crippen LogP contribution in [0.1, 0.15) is 31.7 Å². The lowest BCUT2D eigenvalue weighted by molar-refractivity contribution is -0.385. The third-order valence-electron chi connectivity index (χ3n) is 4.55. The summed E-state index contributed by atoms with van der Waals surface area (Å²) in [5.41, 5.74) is 0.172. The summed E-state index contributed by atoms with van der Waals surface area (Å²) < 4.78 is 12.3. The van der Waals surface area contributed by atoms with Gasteiger partial charge in [0.15, 0.2) is 6.61 Å². The van der Waals surface area contributed by atoms with Gasteiger partial charge in [0.25, 0.3) is 5.56 Å². The molecule has 1 heterocycles. The molecule has 2 aromatic carbocycles. The van der Waals surface area contributed by atoms with Crippen LogP contribution < -0.4 is 10.3 Å². The predicted octanol–water partition coefficient (Wildman–Crippen LogP) is 4.61. The van der Waals surface area contributed by atoms with Crippen LogP contribution in [-0.4, -0.2) is 40.0 Å². The number of hydrogen-bond acceptors (Lipinski definition) is 8. The van der Waals surface area contributed by atoms with Gasteiger partial charge in [-0.05, 0) is 53.5 Å². The van der Waals surface area contributed by atoms with Crippen molar-refractivity contribution in [3.63, 3.8) is 0 Å². The molecule has 34 heavy (non-hydrogen) atoms. The summed E-state index contributed by atoms with van der Waals surface area (Å²) in [7, 11) is 0. The van der Waals surface area contributed by atoms with Gasteiger partial charge in [0, 0.05) is 22.5 Å². The van der Waals surface area contributed by atoms with Gasteiger partial charge in [-0.1, -0.05) is 22.9 Å². The molecule has 0 N–H and O–H groups in total. The number of benzene rings is 2. The Morgan fingerprint density at radius 2 is 2.03 bits per heavy atom. The molecule has 10 nitrogen and oxygen atoms in total. The Morgan fingerprint density at radius 3 is 2.71 bits per heavy atom. The zero-order chi connectivity index (χ0) is 24.8. The van der Waals surface area contributed by atoms with Crippen LogP contribution in [0.4, 0.5) is 5.69 Å². The average molecular weight is 596 g/mol. The fraction of sp³-hybridized carbons (Fsp3) is 0.273. The predicted molar refractivity (Wildman–Crippen MR) is 134 cm³/mol. The van der Waals surface area contributed by atoms with Crippen LogP contribution in [-0.2, 0) is 16.0 Å². The maximum absolute atomic E-state index is 13.1. The fourth-order valence-corrected chi connectivity index (χ4v) is 4.05. The highest BCUT2D eigenvalue weighted by atomic mass is 79.9. The maximum Gasteiger partial charge on any atom is 0.344 e. The molecule has 0 atom stereocenters. The zero-order valence-corrected chi connectivity index (χ0v) is 21.5. The fourth-order valence-electron chi connectivity index (χ4n) is 3.11. The summed E-state index contributed by atoms with van der Waals surface area (Å²) in [6.07, 6.45) is 2.59. The molecule has 0 aliphatic rings. The topological polar surface area (TPSA) is 126 Å². The first-order chi connectivity index (χ1) is 16.2. The SMILES string of the molecule is CCCc1nc2ccc(Br)cc2c(=O)n1N=Cc1cc(Br)c(OCC(=O)OCC)c([N+](=O)[O-])c1. The normalized spacial score (nSPS) is 11.2. The van der Waals surface area contributed by atoms with E-state index in [4.69, 9.17) is 9.47 Å². The van der Waals surface area contributed by atoms with E-state index in [1.165, 1.54) is 23.0 Å². The first-order valence-electron chi connectivity index (χ1n) is 10.3. The summed E-state index contributed by atoms with van der Waals surface area (Å²) in [5, 5.41) is 16.3. The lowest BCUT2D eigenvalue weighted by Crippen LogP contribution is -2.22. The Bertz CT molecular complexity index is 1340. The molecule has 0 saturated heterocycles. The molecule has 0 aliphatic heterocycles. The van der Waals surface area contributed by atoms with E-state index in [1.807, 2.05) is 6.92 Å². The van der Waals surface area contributed by atoms with E-state index >= 15 is 0 Å². The van der Waals surface area contributed by atoms with E-state index < -0.39 is 17.5 Å². The Hall–Kier alpha value is -3.12. The number of carbonyl (C=O) groups excluding carboxylic acids is 1. The third kappa shape index (κ3) is 5.86. The maximum atomic E-state index is 13.1. The molecule has 0 radical (unpaired) electrons. The molecular weight excluding hydrogens is 576 g/mol. The second-order valence-electron chi connectivity index (χ2n) is 7.00. The number of rotatable bonds is 9. The molecule has 0 amide bonds. The van der Waals surface area contributed by atoms with Gasteiger partial charge in [-0.25, -0.2) is 9.78 Å². The van der Waals surface area contributed by atoms with Crippen LogP contribution in [0.15, 0.2) is 49.2 Å². The first kappa shape index (κ1) is 25.5. The van der Waals surface area contributed by atoms with Crippen LogP contribution in [0.25, 0.3) is 10.9 Å². The zero-order valence-electron chi connectivity index (χ0n) is 18.3. The summed E-state index contributed by atoms with van der Waals surface area (Å²) in [6, 6.07) is 8.00. The molecule has 178 valence electrons. The molecule has 1 aromatic heterocycles. The summed E-state index contributed by atoms with van der Waals surface area (Å²) in [6.45, 7) is 3.29. The Morgan fingerprint density at radius 1 is 1.26 bits per heavy atom. The molecule has 0 spiro atoms. The Kier molecular flexibility index (Phi) is 8.51. The van der Waals surface area contributed by atoms with Crippen molar-refractivity contribution < 1.29 is 19.2 Å². The van der Waals surface area contributed by atoms with Crippen molar-refractivity contribution in [1.82, 2.24) is 9.66 Å². The second kappa shape index (κ2) is 11.3. The van der Waals surface area contributed by atoms with E-state index in [-0.39, 0.29) is 28.1 Å². The minimum Gasteiger partial charge on any atom is -0.474 e.